The second-order valence-electron chi connectivity index (χ2n) is 11.5. The topological polar surface area (TPSA) is 83.6 Å². The number of rotatable bonds is 8. The van der Waals surface area contributed by atoms with E-state index in [4.69, 9.17) is 4.74 Å². The summed E-state index contributed by atoms with van der Waals surface area (Å²) in [4.78, 5) is 32.4. The third-order valence-electron chi connectivity index (χ3n) is 8.92. The molecule has 7 nitrogen and oxygen atoms in total. The highest BCUT2D eigenvalue weighted by Gasteiger charge is 2.44. The number of halogens is 6. The molecule has 3 saturated heterocycles. The van der Waals surface area contributed by atoms with Crippen molar-refractivity contribution in [1.29, 1.82) is 0 Å². The largest absolute Gasteiger partial charge is 0.497 e. The fraction of sp³-hybridized carbons (Fsp3) is 0.344. The number of benzene rings is 2. The quantitative estimate of drug-likeness (QED) is 0.128. The predicted molar refractivity (Wildman–Crippen MR) is 158 cm³/mol. The van der Waals surface area contributed by atoms with Gasteiger partial charge in [0.1, 0.15) is 17.1 Å². The zero-order chi connectivity index (χ0) is 32.3. The van der Waals surface area contributed by atoms with Crippen LogP contribution in [0, 0.1) is 11.8 Å². The Morgan fingerprint density at radius 1 is 1.00 bits per heavy atom. The van der Waals surface area contributed by atoms with Crippen molar-refractivity contribution in [2.75, 3.05) is 30.8 Å². The van der Waals surface area contributed by atoms with Crippen molar-refractivity contribution in [1.82, 2.24) is 9.88 Å². The maximum Gasteiger partial charge on any atom is 0.416 e. The van der Waals surface area contributed by atoms with Crippen LogP contribution in [-0.4, -0.2) is 36.1 Å². The van der Waals surface area contributed by atoms with Gasteiger partial charge in [-0.05, 0) is 79.3 Å². The average Bonchev–Trinajstić information content (AvgIpc) is 3.03. The second kappa shape index (κ2) is 11.2. The lowest BCUT2D eigenvalue weighted by Crippen LogP contribution is -2.56. The normalized spacial score (nSPS) is 22.4. The van der Waals surface area contributed by atoms with Gasteiger partial charge in [0, 0.05) is 29.9 Å². The molecule has 13 heteroatoms. The minimum atomic E-state index is -5.08. The standard InChI is InChI=1S/C32H28F6N4O3/c1-3-16-15-42-9-7-17(16)10-25(42)26(22-6-8-39-24-5-4-21(45-2)14-23(22)24)41-28-27(29(43)30(28)44)40-20-12-18(31(33,34)35)11-19(13-20)32(36,37)38/h3-6,8,11-14,16-17,25-26,40-41H,1,7,9-10,15H2,2H3/t16-,17?,25+,26+/m1/s1. The van der Waals surface area contributed by atoms with Crippen molar-refractivity contribution in [2.24, 2.45) is 11.8 Å². The highest BCUT2D eigenvalue weighted by atomic mass is 19.4. The molecular formula is C32H28F6N4O3. The van der Waals surface area contributed by atoms with Gasteiger partial charge in [-0.1, -0.05) is 6.08 Å². The molecule has 1 aromatic heterocycles. The van der Waals surface area contributed by atoms with E-state index < -0.39 is 51.8 Å². The lowest BCUT2D eigenvalue weighted by Gasteiger charge is -2.52. The van der Waals surface area contributed by atoms with Crippen LogP contribution in [0.25, 0.3) is 10.9 Å². The molecule has 2 unspecified atom stereocenters. The van der Waals surface area contributed by atoms with Gasteiger partial charge in [0.05, 0.1) is 29.8 Å². The average molecular weight is 631 g/mol. The number of ether oxygens (including phenoxy) is 1. The van der Waals surface area contributed by atoms with E-state index in [1.54, 1.807) is 30.5 Å². The van der Waals surface area contributed by atoms with Crippen molar-refractivity contribution in [3.05, 3.63) is 98.5 Å². The third kappa shape index (κ3) is 5.65. The number of methoxy groups -OCH3 is 1. The summed E-state index contributed by atoms with van der Waals surface area (Å²) >= 11 is 0. The SMILES string of the molecule is C=C[C@@H]1CN2CCC1C[C@H]2[C@@H](Nc1c(Nc2cc(C(F)(F)F)cc(C(F)(F)F)c2)c(=O)c1=O)c1ccnc2ccc(OC)cc12. The summed E-state index contributed by atoms with van der Waals surface area (Å²) in [5.74, 6) is 1.16. The summed E-state index contributed by atoms with van der Waals surface area (Å²) in [7, 11) is 1.52. The molecule has 3 fully saturated rings. The minimum absolute atomic E-state index is 0.00556. The van der Waals surface area contributed by atoms with Crippen molar-refractivity contribution < 1.29 is 31.1 Å². The van der Waals surface area contributed by atoms with Gasteiger partial charge in [-0.2, -0.15) is 26.3 Å². The first-order chi connectivity index (χ1) is 21.3. The fourth-order valence-electron chi connectivity index (χ4n) is 6.63. The van der Waals surface area contributed by atoms with Crippen molar-refractivity contribution in [2.45, 2.75) is 37.3 Å². The van der Waals surface area contributed by atoms with Crippen LogP contribution in [0.15, 0.2) is 70.9 Å². The molecule has 3 aromatic carbocycles. The van der Waals surface area contributed by atoms with Crippen molar-refractivity contribution >= 4 is 28.0 Å². The Morgan fingerprint density at radius 2 is 1.69 bits per heavy atom. The van der Waals surface area contributed by atoms with Crippen LogP contribution >= 0.6 is 0 Å². The first kappa shape index (κ1) is 30.6. The van der Waals surface area contributed by atoms with E-state index in [0.717, 1.165) is 36.9 Å². The zero-order valence-electron chi connectivity index (χ0n) is 23.9. The Hall–Kier alpha value is -4.39. The molecule has 4 aromatic rings. The van der Waals surface area contributed by atoms with Gasteiger partial charge < -0.3 is 15.4 Å². The van der Waals surface area contributed by atoms with Gasteiger partial charge in [-0.25, -0.2) is 0 Å². The molecule has 7 rings (SSSR count). The van der Waals surface area contributed by atoms with Gasteiger partial charge >= 0.3 is 12.4 Å². The zero-order valence-corrected chi connectivity index (χ0v) is 23.9. The van der Waals surface area contributed by atoms with Gasteiger partial charge in [-0.3, -0.25) is 19.5 Å². The minimum Gasteiger partial charge on any atom is -0.497 e. The van der Waals surface area contributed by atoms with E-state index in [2.05, 4.69) is 27.1 Å². The number of alkyl halides is 6. The number of hydrogen-bond acceptors (Lipinski definition) is 7. The van der Waals surface area contributed by atoms with Crippen LogP contribution < -0.4 is 26.2 Å². The number of nitrogens with one attached hydrogen (secondary N) is 2. The lowest BCUT2D eigenvalue weighted by molar-refractivity contribution is -0.143. The fourth-order valence-corrected chi connectivity index (χ4v) is 6.63. The molecule has 2 bridgehead atoms. The van der Waals surface area contributed by atoms with E-state index in [-0.39, 0.29) is 23.7 Å². The Labute approximate surface area is 253 Å². The highest BCUT2D eigenvalue weighted by molar-refractivity contribution is 5.85. The third-order valence-corrected chi connectivity index (χ3v) is 8.92. The lowest BCUT2D eigenvalue weighted by atomic mass is 9.73. The number of anilines is 3. The van der Waals surface area contributed by atoms with Gasteiger partial charge in [0.25, 0.3) is 10.9 Å². The molecule has 0 saturated carbocycles. The summed E-state index contributed by atoms with van der Waals surface area (Å²) < 4.78 is 86.4. The number of hydrogen-bond donors (Lipinski definition) is 2. The number of fused-ring (bicyclic) bond motifs is 4. The van der Waals surface area contributed by atoms with E-state index in [1.165, 1.54) is 7.11 Å². The molecule has 45 heavy (non-hydrogen) atoms. The number of pyridine rings is 1. The molecule has 3 aliphatic heterocycles. The van der Waals surface area contributed by atoms with Gasteiger partial charge in [0.2, 0.25) is 0 Å². The number of aromatic nitrogens is 1. The predicted octanol–water partition coefficient (Wildman–Crippen LogP) is 6.67. The van der Waals surface area contributed by atoms with E-state index in [1.807, 2.05) is 6.08 Å². The summed E-state index contributed by atoms with van der Waals surface area (Å²) in [5, 5.41) is 6.30. The summed E-state index contributed by atoms with van der Waals surface area (Å²) in [5.41, 5.74) is -4.95. The number of nitrogens with zero attached hydrogens (tertiary/aromatic N) is 2. The van der Waals surface area contributed by atoms with E-state index in [9.17, 15) is 35.9 Å². The van der Waals surface area contributed by atoms with Crippen LogP contribution in [0.3, 0.4) is 0 Å². The van der Waals surface area contributed by atoms with Crippen molar-refractivity contribution in [3.63, 3.8) is 0 Å². The monoisotopic (exact) mass is 630 g/mol. The highest BCUT2D eigenvalue weighted by Crippen LogP contribution is 2.44. The molecular weight excluding hydrogens is 602 g/mol. The van der Waals surface area contributed by atoms with Crippen molar-refractivity contribution in [3.8, 4) is 5.75 Å². The molecule has 2 N–H and O–H groups in total. The Kier molecular flexibility index (Phi) is 7.62. The van der Waals surface area contributed by atoms with Crippen LogP contribution in [0.4, 0.5) is 43.4 Å². The van der Waals surface area contributed by atoms with Crippen LogP contribution in [0.1, 0.15) is 35.6 Å². The molecule has 236 valence electrons. The maximum atomic E-state index is 13.5. The summed E-state index contributed by atoms with van der Waals surface area (Å²) in [6.07, 6.45) is -4.94. The number of piperidine rings is 3. The first-order valence-corrected chi connectivity index (χ1v) is 14.2. The van der Waals surface area contributed by atoms with Crippen LogP contribution in [0.2, 0.25) is 0 Å². The second-order valence-corrected chi connectivity index (χ2v) is 11.5. The van der Waals surface area contributed by atoms with Crippen LogP contribution in [0.5, 0.6) is 5.75 Å². The molecule has 0 spiro atoms. The Morgan fingerprint density at radius 3 is 2.29 bits per heavy atom. The smallest absolute Gasteiger partial charge is 0.416 e. The first-order valence-electron chi connectivity index (χ1n) is 14.2. The van der Waals surface area contributed by atoms with Gasteiger partial charge in [-0.15, -0.1) is 6.58 Å². The molecule has 4 heterocycles. The Balaban J connectivity index is 1.43. The molecule has 0 radical (unpaired) electrons. The summed E-state index contributed by atoms with van der Waals surface area (Å²) in [6.45, 7) is 5.48. The van der Waals surface area contributed by atoms with Crippen LogP contribution in [-0.2, 0) is 12.4 Å². The van der Waals surface area contributed by atoms with E-state index in [0.29, 0.717) is 29.3 Å². The van der Waals surface area contributed by atoms with E-state index >= 15 is 0 Å². The molecule has 0 aliphatic carbocycles. The molecule has 5 atom stereocenters. The molecule has 3 aliphatic rings. The van der Waals surface area contributed by atoms with Gasteiger partial charge in [0.15, 0.2) is 0 Å². The Bertz CT molecular complexity index is 1810. The maximum absolute atomic E-state index is 13.5. The molecule has 0 amide bonds. The summed E-state index contributed by atoms with van der Waals surface area (Å²) in [6, 6.07) is 7.29.